The van der Waals surface area contributed by atoms with Crippen molar-refractivity contribution in [3.05, 3.63) is 24.3 Å². The number of hydrogen-bond acceptors (Lipinski definition) is 6. The number of carbonyl (C=O) groups excluding carboxylic acids is 2. The number of nitrogens with one attached hydrogen (secondary N) is 1. The molecule has 126 valence electrons. The molecular weight excluding hydrogens is 309 g/mol. The molecule has 0 aliphatic heterocycles. The minimum atomic E-state index is -3.30. The fraction of sp³-hybridized carbons (Fsp3) is 0.571. The molecule has 1 atom stereocenters. The van der Waals surface area contributed by atoms with E-state index in [9.17, 15) is 14.2 Å². The summed E-state index contributed by atoms with van der Waals surface area (Å²) in [5, 5.41) is 2.33. The highest BCUT2D eigenvalue weighted by molar-refractivity contribution is 7.54. The Morgan fingerprint density at radius 3 is 2.32 bits per heavy atom. The summed E-state index contributed by atoms with van der Waals surface area (Å²) >= 11 is 0. The van der Waals surface area contributed by atoms with Gasteiger partial charge in [-0.25, -0.2) is 4.79 Å². The molecule has 7 nitrogen and oxygen atoms in total. The topological polar surface area (TPSA) is 90.9 Å². The minimum absolute atomic E-state index is 0.00866. The monoisotopic (exact) mass is 333 g/mol. The molecule has 0 aromatic rings. The average Bonchev–Trinajstić information content (AvgIpc) is 2.46. The van der Waals surface area contributed by atoms with Crippen molar-refractivity contribution in [2.75, 3.05) is 26.5 Å². The Kier molecular flexibility index (Phi) is 10.5. The molecule has 22 heavy (non-hydrogen) atoms. The molecule has 0 radical (unpaired) electrons. The molecule has 0 aromatic heterocycles. The van der Waals surface area contributed by atoms with Gasteiger partial charge in [-0.2, -0.15) is 0 Å². The Labute approximate surface area is 131 Å². The third kappa shape index (κ3) is 7.54. The van der Waals surface area contributed by atoms with E-state index in [1.165, 1.54) is 13.2 Å². The number of hydrogen-bond donors (Lipinski definition) is 1. The lowest BCUT2D eigenvalue weighted by atomic mass is 10.1. The van der Waals surface area contributed by atoms with E-state index in [4.69, 9.17) is 9.05 Å². The second-order valence-corrected chi connectivity index (χ2v) is 6.26. The summed E-state index contributed by atoms with van der Waals surface area (Å²) in [5.74, 6) is -0.628. The van der Waals surface area contributed by atoms with Crippen LogP contribution in [0.1, 0.15) is 20.3 Å². The lowest BCUT2D eigenvalue weighted by molar-refractivity contribution is -0.142. The van der Waals surface area contributed by atoms with Crippen LogP contribution in [0.25, 0.3) is 0 Å². The number of rotatable bonds is 12. The molecule has 0 saturated carbocycles. The quantitative estimate of drug-likeness (QED) is 0.254. The number of allylic oxidation sites excluding steroid dienone is 2. The molecule has 0 aliphatic carbocycles. The van der Waals surface area contributed by atoms with E-state index in [-0.39, 0.29) is 19.4 Å². The van der Waals surface area contributed by atoms with Crippen LogP contribution in [0.5, 0.6) is 0 Å². The molecule has 0 fully saturated rings. The lowest BCUT2D eigenvalue weighted by Gasteiger charge is -2.19. The van der Waals surface area contributed by atoms with E-state index in [1.54, 1.807) is 19.9 Å². The molecular formula is C14H24NO6P. The first kappa shape index (κ1) is 20.6. The van der Waals surface area contributed by atoms with Crippen molar-refractivity contribution in [1.29, 1.82) is 0 Å². The van der Waals surface area contributed by atoms with Gasteiger partial charge in [0.15, 0.2) is 0 Å². The molecule has 1 unspecified atom stereocenters. The highest BCUT2D eigenvalue weighted by Crippen LogP contribution is 2.49. The first-order chi connectivity index (χ1) is 10.5. The van der Waals surface area contributed by atoms with Gasteiger partial charge in [-0.3, -0.25) is 9.36 Å². The number of methoxy groups -OCH3 is 1. The van der Waals surface area contributed by atoms with Crippen LogP contribution >= 0.6 is 7.60 Å². The Balaban J connectivity index is 5.34. The molecule has 1 N–H and O–H groups in total. The van der Waals surface area contributed by atoms with Crippen molar-refractivity contribution in [2.24, 2.45) is 0 Å². The van der Waals surface area contributed by atoms with Gasteiger partial charge in [0.1, 0.15) is 6.04 Å². The Bertz CT molecular complexity index is 439. The van der Waals surface area contributed by atoms with Gasteiger partial charge in [-0.15, -0.1) is 6.58 Å². The van der Waals surface area contributed by atoms with Crippen molar-refractivity contribution in [3.63, 3.8) is 0 Å². The van der Waals surface area contributed by atoms with Crippen molar-refractivity contribution in [2.45, 2.75) is 26.3 Å². The van der Waals surface area contributed by atoms with Crippen molar-refractivity contribution >= 4 is 20.0 Å². The van der Waals surface area contributed by atoms with Crippen LogP contribution in [0.3, 0.4) is 0 Å². The zero-order valence-electron chi connectivity index (χ0n) is 13.2. The fourth-order valence-electron chi connectivity index (χ4n) is 1.76. The second-order valence-electron chi connectivity index (χ2n) is 4.21. The fourth-order valence-corrected chi connectivity index (χ4v) is 3.54. The number of ether oxygens (including phenoxy) is 1. The summed E-state index contributed by atoms with van der Waals surface area (Å²) in [4.78, 5) is 22.2. The van der Waals surface area contributed by atoms with Crippen molar-refractivity contribution in [1.82, 2.24) is 5.32 Å². The molecule has 0 heterocycles. The smallest absolute Gasteiger partial charge is 0.334 e. The van der Waals surface area contributed by atoms with Crippen LogP contribution in [0.4, 0.5) is 0 Å². The van der Waals surface area contributed by atoms with Crippen LogP contribution < -0.4 is 5.32 Å². The molecule has 0 aliphatic rings. The largest absolute Gasteiger partial charge is 0.467 e. The maximum Gasteiger partial charge on any atom is 0.334 e. The zero-order valence-corrected chi connectivity index (χ0v) is 14.1. The predicted octanol–water partition coefficient (Wildman–Crippen LogP) is 2.04. The Hall–Kier alpha value is -1.43. The molecule has 1 amide bonds. The van der Waals surface area contributed by atoms with Crippen LogP contribution in [-0.4, -0.2) is 44.9 Å². The van der Waals surface area contributed by atoms with E-state index in [0.717, 1.165) is 0 Å². The van der Waals surface area contributed by atoms with E-state index >= 15 is 0 Å². The van der Waals surface area contributed by atoms with Crippen molar-refractivity contribution < 1.29 is 27.9 Å². The van der Waals surface area contributed by atoms with Gasteiger partial charge >= 0.3 is 13.6 Å². The standard InChI is InChI=1S/C14H24NO6P/c1-5-8-12(9-13(15-11-16)14(17)19-4)10-22(18,20-6-2)21-7-3/h5,9,11,13H,1,6-8,10H2,2-4H3,(H,15,16)/b12-9-. The first-order valence-electron chi connectivity index (χ1n) is 6.92. The number of carbonyl (C=O) groups is 2. The third-order valence-electron chi connectivity index (χ3n) is 2.56. The lowest BCUT2D eigenvalue weighted by Crippen LogP contribution is -2.35. The number of esters is 1. The van der Waals surface area contributed by atoms with Gasteiger partial charge < -0.3 is 19.1 Å². The van der Waals surface area contributed by atoms with Gasteiger partial charge in [-0.1, -0.05) is 17.7 Å². The molecule has 0 rings (SSSR count). The highest BCUT2D eigenvalue weighted by atomic mass is 31.2. The van der Waals surface area contributed by atoms with E-state index in [0.29, 0.717) is 18.4 Å². The van der Waals surface area contributed by atoms with Crippen LogP contribution in [0.15, 0.2) is 24.3 Å². The third-order valence-corrected chi connectivity index (χ3v) is 4.66. The Morgan fingerprint density at radius 1 is 1.32 bits per heavy atom. The predicted molar refractivity (Wildman–Crippen MR) is 83.6 cm³/mol. The maximum absolute atomic E-state index is 12.6. The van der Waals surface area contributed by atoms with E-state index < -0.39 is 19.6 Å². The first-order valence-corrected chi connectivity index (χ1v) is 8.65. The summed E-state index contributed by atoms with van der Waals surface area (Å²) in [6.07, 6.45) is 3.86. The maximum atomic E-state index is 12.6. The van der Waals surface area contributed by atoms with Gasteiger partial charge in [0.2, 0.25) is 6.41 Å². The summed E-state index contributed by atoms with van der Waals surface area (Å²) in [5.41, 5.74) is 0.602. The molecule has 0 bridgehead atoms. The molecule has 0 spiro atoms. The summed E-state index contributed by atoms with van der Waals surface area (Å²) < 4.78 is 27.6. The van der Waals surface area contributed by atoms with Crippen LogP contribution in [0, 0.1) is 0 Å². The molecule has 0 saturated heterocycles. The van der Waals surface area contributed by atoms with Gasteiger partial charge in [0, 0.05) is 0 Å². The van der Waals surface area contributed by atoms with E-state index in [2.05, 4.69) is 16.6 Å². The van der Waals surface area contributed by atoms with Gasteiger partial charge in [0.05, 0.1) is 26.5 Å². The van der Waals surface area contributed by atoms with Gasteiger partial charge in [-0.05, 0) is 20.3 Å². The van der Waals surface area contributed by atoms with Crippen LogP contribution in [0.2, 0.25) is 0 Å². The van der Waals surface area contributed by atoms with E-state index in [1.807, 2.05) is 0 Å². The molecule has 0 aromatic carbocycles. The summed E-state index contributed by atoms with van der Waals surface area (Å²) in [6, 6.07) is -0.964. The average molecular weight is 333 g/mol. The summed E-state index contributed by atoms with van der Waals surface area (Å²) in [6.45, 7) is 7.54. The SMILES string of the molecule is C=CC/C(=C/C(NC=O)C(=O)OC)CP(=O)(OCC)OCC. The van der Waals surface area contributed by atoms with Crippen molar-refractivity contribution in [3.8, 4) is 0 Å². The second kappa shape index (κ2) is 11.2. The molecule has 8 heteroatoms. The van der Waals surface area contributed by atoms with Crippen LogP contribution in [-0.2, 0) is 27.9 Å². The van der Waals surface area contributed by atoms with Gasteiger partial charge in [0.25, 0.3) is 0 Å². The normalized spacial score (nSPS) is 13.3. The highest BCUT2D eigenvalue weighted by Gasteiger charge is 2.26. The minimum Gasteiger partial charge on any atom is -0.467 e. The zero-order chi connectivity index (χ0) is 17.0. The summed E-state index contributed by atoms with van der Waals surface area (Å²) in [7, 11) is -2.09. The Morgan fingerprint density at radius 2 is 1.91 bits per heavy atom. The number of amides is 1.